The van der Waals surface area contributed by atoms with Crippen molar-refractivity contribution in [1.29, 1.82) is 0 Å². The number of carbonyl (C=O) groups excluding carboxylic acids is 2. The average molecular weight is 496 g/mol. The molecule has 0 aliphatic carbocycles. The maximum Gasteiger partial charge on any atom is 0.271 e. The van der Waals surface area contributed by atoms with Crippen LogP contribution in [0.4, 0.5) is 5.69 Å². The van der Waals surface area contributed by atoms with Crippen LogP contribution in [-0.4, -0.2) is 31.7 Å². The molecular formula is C24H22BrN3O4. The van der Waals surface area contributed by atoms with E-state index in [2.05, 4.69) is 31.8 Å². The first-order valence-electron chi connectivity index (χ1n) is 9.71. The van der Waals surface area contributed by atoms with Crippen LogP contribution in [-0.2, 0) is 4.79 Å². The van der Waals surface area contributed by atoms with E-state index in [1.165, 1.54) is 13.3 Å². The number of para-hydroxylation sites is 1. The van der Waals surface area contributed by atoms with Crippen LogP contribution in [0.5, 0.6) is 11.5 Å². The highest BCUT2D eigenvalue weighted by Gasteiger charge is 2.09. The fourth-order valence-corrected chi connectivity index (χ4v) is 3.16. The van der Waals surface area contributed by atoms with Gasteiger partial charge in [0.05, 0.1) is 13.3 Å². The third-order valence-electron chi connectivity index (χ3n) is 4.45. The summed E-state index contributed by atoms with van der Waals surface area (Å²) >= 11 is 3.40. The molecule has 8 heteroatoms. The molecule has 0 atom stereocenters. The molecule has 32 heavy (non-hydrogen) atoms. The SMILES string of the molecule is COc1cccc(C(=O)N/N=C/c2cc(Br)ccc2OCC(=O)Nc2ccccc2C)c1. The molecule has 2 N–H and O–H groups in total. The fourth-order valence-electron chi connectivity index (χ4n) is 2.78. The Labute approximate surface area is 194 Å². The number of rotatable bonds is 8. The summed E-state index contributed by atoms with van der Waals surface area (Å²) in [6.07, 6.45) is 1.46. The van der Waals surface area contributed by atoms with Gasteiger partial charge in [-0.15, -0.1) is 0 Å². The second kappa shape index (κ2) is 11.1. The lowest BCUT2D eigenvalue weighted by Crippen LogP contribution is -2.21. The maximum atomic E-state index is 12.3. The third kappa shape index (κ3) is 6.42. The molecule has 3 aromatic carbocycles. The number of methoxy groups -OCH3 is 1. The largest absolute Gasteiger partial charge is 0.497 e. The Morgan fingerprint density at radius 2 is 1.88 bits per heavy atom. The number of hydrogen-bond acceptors (Lipinski definition) is 5. The molecule has 0 aliphatic heterocycles. The van der Waals surface area contributed by atoms with E-state index in [1.807, 2.05) is 31.2 Å². The summed E-state index contributed by atoms with van der Waals surface area (Å²) in [5.41, 5.74) is 5.18. The summed E-state index contributed by atoms with van der Waals surface area (Å²) in [5.74, 6) is 0.368. The predicted molar refractivity (Wildman–Crippen MR) is 127 cm³/mol. The molecule has 0 aromatic heterocycles. The minimum absolute atomic E-state index is 0.174. The predicted octanol–water partition coefficient (Wildman–Crippen LogP) is 4.55. The summed E-state index contributed by atoms with van der Waals surface area (Å²) in [5, 5.41) is 6.84. The van der Waals surface area contributed by atoms with Gasteiger partial charge in [0, 0.05) is 21.3 Å². The number of nitrogens with one attached hydrogen (secondary N) is 2. The van der Waals surface area contributed by atoms with Crippen molar-refractivity contribution in [1.82, 2.24) is 5.43 Å². The number of carbonyl (C=O) groups is 2. The van der Waals surface area contributed by atoms with Gasteiger partial charge in [0.2, 0.25) is 0 Å². The minimum Gasteiger partial charge on any atom is -0.497 e. The molecule has 0 bridgehead atoms. The van der Waals surface area contributed by atoms with Crippen molar-refractivity contribution in [3.63, 3.8) is 0 Å². The Hall–Kier alpha value is -3.65. The van der Waals surface area contributed by atoms with E-state index in [4.69, 9.17) is 9.47 Å². The number of ether oxygens (including phenoxy) is 2. The van der Waals surface area contributed by atoms with Crippen molar-refractivity contribution in [2.45, 2.75) is 6.92 Å². The van der Waals surface area contributed by atoms with Gasteiger partial charge in [-0.05, 0) is 55.0 Å². The molecule has 0 unspecified atom stereocenters. The molecule has 0 radical (unpaired) electrons. The molecule has 0 saturated carbocycles. The molecule has 3 aromatic rings. The summed E-state index contributed by atoms with van der Waals surface area (Å²) < 4.78 is 11.6. The lowest BCUT2D eigenvalue weighted by atomic mass is 10.2. The van der Waals surface area contributed by atoms with E-state index in [0.717, 1.165) is 15.7 Å². The van der Waals surface area contributed by atoms with Crippen molar-refractivity contribution in [3.8, 4) is 11.5 Å². The van der Waals surface area contributed by atoms with E-state index in [1.54, 1.807) is 42.5 Å². The number of hydrogen-bond donors (Lipinski definition) is 2. The van der Waals surface area contributed by atoms with Gasteiger partial charge in [-0.25, -0.2) is 5.43 Å². The van der Waals surface area contributed by atoms with Crippen molar-refractivity contribution in [2.24, 2.45) is 5.10 Å². The monoisotopic (exact) mass is 495 g/mol. The van der Waals surface area contributed by atoms with E-state index in [0.29, 0.717) is 22.6 Å². The molecule has 7 nitrogen and oxygen atoms in total. The first-order valence-corrected chi connectivity index (χ1v) is 10.5. The van der Waals surface area contributed by atoms with Crippen LogP contribution in [0.1, 0.15) is 21.5 Å². The standard InChI is InChI=1S/C24H22BrN3O4/c1-16-6-3-4-9-21(16)27-23(29)15-32-22-11-10-19(25)12-18(22)14-26-28-24(30)17-7-5-8-20(13-17)31-2/h3-14H,15H2,1-2H3,(H,27,29)(H,28,30)/b26-14+. The zero-order valence-electron chi connectivity index (χ0n) is 17.6. The lowest BCUT2D eigenvalue weighted by Gasteiger charge is -2.11. The Balaban J connectivity index is 1.63. The second-order valence-electron chi connectivity index (χ2n) is 6.77. The van der Waals surface area contributed by atoms with Crippen LogP contribution >= 0.6 is 15.9 Å². The van der Waals surface area contributed by atoms with Crippen molar-refractivity contribution in [3.05, 3.63) is 87.9 Å². The number of aryl methyl sites for hydroxylation is 1. The first kappa shape index (κ1) is 23.0. The number of hydrazone groups is 1. The quantitative estimate of drug-likeness (QED) is 0.354. The number of halogens is 1. The third-order valence-corrected chi connectivity index (χ3v) is 4.94. The van der Waals surface area contributed by atoms with Crippen LogP contribution in [0.15, 0.2) is 76.3 Å². The van der Waals surface area contributed by atoms with Gasteiger partial charge in [0.1, 0.15) is 11.5 Å². The normalized spacial score (nSPS) is 10.6. The molecule has 3 rings (SSSR count). The fraction of sp³-hybridized carbons (Fsp3) is 0.125. The Kier molecular flexibility index (Phi) is 7.99. The van der Waals surface area contributed by atoms with Crippen LogP contribution in [0.2, 0.25) is 0 Å². The Morgan fingerprint density at radius 3 is 2.66 bits per heavy atom. The summed E-state index contributed by atoms with van der Waals surface area (Å²) in [6.45, 7) is 1.74. The molecule has 0 fully saturated rings. The topological polar surface area (TPSA) is 89.0 Å². The molecule has 0 heterocycles. The average Bonchev–Trinajstić information content (AvgIpc) is 2.80. The van der Waals surface area contributed by atoms with E-state index >= 15 is 0 Å². The van der Waals surface area contributed by atoms with Gasteiger partial charge in [-0.2, -0.15) is 5.10 Å². The second-order valence-corrected chi connectivity index (χ2v) is 7.68. The highest BCUT2D eigenvalue weighted by atomic mass is 79.9. The number of amides is 2. The number of anilines is 1. The maximum absolute atomic E-state index is 12.3. The number of benzene rings is 3. The zero-order chi connectivity index (χ0) is 22.9. The van der Waals surface area contributed by atoms with Gasteiger partial charge < -0.3 is 14.8 Å². The van der Waals surface area contributed by atoms with Gasteiger partial charge in [-0.3, -0.25) is 9.59 Å². The molecular weight excluding hydrogens is 474 g/mol. The highest BCUT2D eigenvalue weighted by molar-refractivity contribution is 9.10. The van der Waals surface area contributed by atoms with Crippen LogP contribution < -0.4 is 20.2 Å². The molecule has 2 amide bonds. The minimum atomic E-state index is -0.379. The zero-order valence-corrected chi connectivity index (χ0v) is 19.2. The van der Waals surface area contributed by atoms with Gasteiger partial charge in [0.25, 0.3) is 11.8 Å². The molecule has 0 aliphatic rings. The van der Waals surface area contributed by atoms with Crippen molar-refractivity contribution in [2.75, 3.05) is 19.0 Å². The van der Waals surface area contributed by atoms with Crippen LogP contribution in [0.25, 0.3) is 0 Å². The van der Waals surface area contributed by atoms with E-state index in [-0.39, 0.29) is 18.4 Å². The van der Waals surface area contributed by atoms with E-state index < -0.39 is 0 Å². The molecule has 0 spiro atoms. The van der Waals surface area contributed by atoms with Crippen LogP contribution in [0, 0.1) is 6.92 Å². The molecule has 0 saturated heterocycles. The summed E-state index contributed by atoms with van der Waals surface area (Å²) in [7, 11) is 1.53. The molecule has 164 valence electrons. The van der Waals surface area contributed by atoms with Crippen LogP contribution in [0.3, 0.4) is 0 Å². The number of nitrogens with zero attached hydrogens (tertiary/aromatic N) is 1. The van der Waals surface area contributed by atoms with Gasteiger partial charge in [0.15, 0.2) is 6.61 Å². The van der Waals surface area contributed by atoms with Gasteiger partial charge in [-0.1, -0.05) is 40.2 Å². The highest BCUT2D eigenvalue weighted by Crippen LogP contribution is 2.22. The Bertz CT molecular complexity index is 1150. The first-order chi connectivity index (χ1) is 15.5. The Morgan fingerprint density at radius 1 is 1.06 bits per heavy atom. The van der Waals surface area contributed by atoms with E-state index in [9.17, 15) is 9.59 Å². The summed E-state index contributed by atoms with van der Waals surface area (Å²) in [6, 6.07) is 19.5. The van der Waals surface area contributed by atoms with Gasteiger partial charge >= 0.3 is 0 Å². The smallest absolute Gasteiger partial charge is 0.271 e. The lowest BCUT2D eigenvalue weighted by molar-refractivity contribution is -0.118. The van der Waals surface area contributed by atoms with Crippen molar-refractivity contribution < 1.29 is 19.1 Å². The van der Waals surface area contributed by atoms with Crippen molar-refractivity contribution >= 4 is 39.6 Å². The summed E-state index contributed by atoms with van der Waals surface area (Å²) in [4.78, 5) is 24.6.